The van der Waals surface area contributed by atoms with Crippen LogP contribution in [-0.4, -0.2) is 26.9 Å². The zero-order valence-electron chi connectivity index (χ0n) is 16.5. The summed E-state index contributed by atoms with van der Waals surface area (Å²) in [5.74, 6) is 0.0173. The van der Waals surface area contributed by atoms with E-state index in [0.29, 0.717) is 12.8 Å². The number of aryl methyl sites for hydroxylation is 2. The Labute approximate surface area is 164 Å². The first-order chi connectivity index (χ1) is 12.9. The largest absolute Gasteiger partial charge is 0.326 e. The smallest absolute Gasteiger partial charge is 0.224 e. The predicted molar refractivity (Wildman–Crippen MR) is 113 cm³/mol. The van der Waals surface area contributed by atoms with Gasteiger partial charge in [0.25, 0.3) is 0 Å². The molecular formula is C21H26N4OS. The number of rotatable bonds is 6. The minimum absolute atomic E-state index is 0.0173. The van der Waals surface area contributed by atoms with Crippen LogP contribution in [0.4, 0.5) is 5.69 Å². The fraction of sp³-hybridized carbons (Fsp3) is 0.381. The van der Waals surface area contributed by atoms with Crippen molar-refractivity contribution in [2.24, 2.45) is 0 Å². The number of hydrogen-bond donors (Lipinski definition) is 1. The lowest BCUT2D eigenvalue weighted by Gasteiger charge is -2.13. The molecule has 0 aliphatic rings. The molecule has 0 unspecified atom stereocenters. The van der Waals surface area contributed by atoms with E-state index in [4.69, 9.17) is 4.98 Å². The van der Waals surface area contributed by atoms with E-state index in [1.54, 1.807) is 11.8 Å². The minimum Gasteiger partial charge on any atom is -0.326 e. The average Bonchev–Trinajstić information content (AvgIpc) is 3.06. The molecule has 3 aromatic rings. The van der Waals surface area contributed by atoms with E-state index in [0.717, 1.165) is 28.0 Å². The lowest BCUT2D eigenvalue weighted by molar-refractivity contribution is -0.116. The van der Waals surface area contributed by atoms with Crippen LogP contribution < -0.4 is 5.32 Å². The quantitative estimate of drug-likeness (QED) is 0.615. The van der Waals surface area contributed by atoms with Gasteiger partial charge in [-0.1, -0.05) is 0 Å². The molecule has 1 amide bonds. The number of thioether (sulfide) groups is 1. The number of nitrogens with one attached hydrogen (secondary N) is 1. The summed E-state index contributed by atoms with van der Waals surface area (Å²) >= 11 is 1.68. The van der Waals surface area contributed by atoms with Gasteiger partial charge in [0.05, 0.1) is 6.20 Å². The van der Waals surface area contributed by atoms with Gasteiger partial charge in [-0.3, -0.25) is 4.79 Å². The van der Waals surface area contributed by atoms with Crippen molar-refractivity contribution in [2.75, 3.05) is 11.6 Å². The number of benzene rings is 1. The molecule has 27 heavy (non-hydrogen) atoms. The third-order valence-electron chi connectivity index (χ3n) is 4.80. The number of aromatic nitrogens is 3. The molecule has 1 aromatic carbocycles. The van der Waals surface area contributed by atoms with Crippen LogP contribution in [0.2, 0.25) is 0 Å². The number of fused-ring (bicyclic) bond motifs is 1. The Hall–Kier alpha value is -2.34. The molecule has 0 radical (unpaired) electrons. The molecule has 0 spiro atoms. The van der Waals surface area contributed by atoms with E-state index >= 15 is 0 Å². The summed E-state index contributed by atoms with van der Waals surface area (Å²) in [6.45, 7) is 8.31. The topological polar surface area (TPSA) is 59.8 Å². The zero-order chi connectivity index (χ0) is 19.6. The summed E-state index contributed by atoms with van der Waals surface area (Å²) in [6, 6.07) is 8.17. The SMILES string of the molecule is CSc1ccc(NC(=O)CCc2c(C)nc3c(cnn3C(C)C)c2C)cc1. The van der Waals surface area contributed by atoms with E-state index in [1.165, 1.54) is 10.5 Å². The second-order valence-corrected chi connectivity index (χ2v) is 7.88. The average molecular weight is 383 g/mol. The van der Waals surface area contributed by atoms with Crippen molar-refractivity contribution in [1.82, 2.24) is 14.8 Å². The number of amides is 1. The number of anilines is 1. The highest BCUT2D eigenvalue weighted by Crippen LogP contribution is 2.25. The summed E-state index contributed by atoms with van der Waals surface area (Å²) < 4.78 is 1.95. The van der Waals surface area contributed by atoms with Gasteiger partial charge in [-0.15, -0.1) is 11.8 Å². The number of pyridine rings is 1. The van der Waals surface area contributed by atoms with E-state index in [-0.39, 0.29) is 11.9 Å². The molecule has 0 aliphatic heterocycles. The van der Waals surface area contributed by atoms with Crippen LogP contribution in [0.25, 0.3) is 11.0 Å². The van der Waals surface area contributed by atoms with Crippen LogP contribution >= 0.6 is 11.8 Å². The molecule has 5 nitrogen and oxygen atoms in total. The van der Waals surface area contributed by atoms with Gasteiger partial charge < -0.3 is 5.32 Å². The predicted octanol–water partition coefficient (Wildman–Crippen LogP) is 4.92. The maximum atomic E-state index is 12.4. The molecule has 3 rings (SSSR count). The first kappa shape index (κ1) is 19.4. The minimum atomic E-state index is 0.0173. The molecule has 0 bridgehead atoms. The van der Waals surface area contributed by atoms with Crippen LogP contribution in [0.15, 0.2) is 35.4 Å². The Morgan fingerprint density at radius 3 is 2.56 bits per heavy atom. The van der Waals surface area contributed by atoms with Crippen molar-refractivity contribution in [1.29, 1.82) is 0 Å². The van der Waals surface area contributed by atoms with Gasteiger partial charge in [0.2, 0.25) is 5.91 Å². The van der Waals surface area contributed by atoms with Crippen molar-refractivity contribution < 1.29 is 4.79 Å². The second-order valence-electron chi connectivity index (χ2n) is 7.00. The highest BCUT2D eigenvalue weighted by molar-refractivity contribution is 7.98. The Kier molecular flexibility index (Phi) is 5.85. The fourth-order valence-corrected chi connectivity index (χ4v) is 3.68. The van der Waals surface area contributed by atoms with Crippen LogP contribution in [0.3, 0.4) is 0 Å². The molecule has 1 N–H and O–H groups in total. The van der Waals surface area contributed by atoms with Gasteiger partial charge in [0.15, 0.2) is 5.65 Å². The van der Waals surface area contributed by atoms with Crippen molar-refractivity contribution in [2.45, 2.75) is 51.5 Å². The number of nitrogens with zero attached hydrogens (tertiary/aromatic N) is 3. The third-order valence-corrected chi connectivity index (χ3v) is 5.54. The maximum Gasteiger partial charge on any atom is 0.224 e. The second kappa shape index (κ2) is 8.13. The van der Waals surface area contributed by atoms with Crippen LogP contribution in [0, 0.1) is 13.8 Å². The normalized spacial score (nSPS) is 11.3. The van der Waals surface area contributed by atoms with Crippen molar-refractivity contribution >= 4 is 34.4 Å². The van der Waals surface area contributed by atoms with Crippen molar-refractivity contribution in [3.8, 4) is 0 Å². The van der Waals surface area contributed by atoms with Gasteiger partial charge in [0.1, 0.15) is 0 Å². The summed E-state index contributed by atoms with van der Waals surface area (Å²) in [7, 11) is 0. The lowest BCUT2D eigenvalue weighted by Crippen LogP contribution is -2.13. The van der Waals surface area contributed by atoms with Gasteiger partial charge in [-0.05, 0) is 75.8 Å². The monoisotopic (exact) mass is 382 g/mol. The van der Waals surface area contributed by atoms with Crippen LogP contribution in [0.1, 0.15) is 43.1 Å². The molecule has 0 saturated heterocycles. The van der Waals surface area contributed by atoms with Crippen molar-refractivity contribution in [3.63, 3.8) is 0 Å². The van der Waals surface area contributed by atoms with Crippen molar-refractivity contribution in [3.05, 3.63) is 47.3 Å². The molecule has 0 saturated carbocycles. The Morgan fingerprint density at radius 2 is 1.93 bits per heavy atom. The highest BCUT2D eigenvalue weighted by atomic mass is 32.2. The number of hydrogen-bond acceptors (Lipinski definition) is 4. The molecule has 142 valence electrons. The number of carbonyl (C=O) groups excluding carboxylic acids is 1. The molecule has 2 aromatic heterocycles. The summed E-state index contributed by atoms with van der Waals surface area (Å²) in [4.78, 5) is 18.3. The third kappa shape index (κ3) is 4.16. The fourth-order valence-electron chi connectivity index (χ4n) is 3.27. The van der Waals surface area contributed by atoms with Gasteiger partial charge in [-0.2, -0.15) is 5.10 Å². The summed E-state index contributed by atoms with van der Waals surface area (Å²) in [5.41, 5.74) is 5.03. The molecule has 2 heterocycles. The maximum absolute atomic E-state index is 12.4. The number of carbonyl (C=O) groups is 1. The Balaban J connectivity index is 1.73. The van der Waals surface area contributed by atoms with Crippen LogP contribution in [-0.2, 0) is 11.2 Å². The molecular weight excluding hydrogens is 356 g/mol. The highest BCUT2D eigenvalue weighted by Gasteiger charge is 2.15. The standard InChI is InChI=1S/C21H26N4OS/c1-13(2)25-21-19(12-22-25)14(3)18(15(4)23-21)10-11-20(26)24-16-6-8-17(27-5)9-7-16/h6-9,12-13H,10-11H2,1-5H3,(H,24,26). The van der Waals surface area contributed by atoms with Gasteiger partial charge in [-0.25, -0.2) is 9.67 Å². The van der Waals surface area contributed by atoms with Crippen LogP contribution in [0.5, 0.6) is 0 Å². The summed E-state index contributed by atoms with van der Waals surface area (Å²) in [6.07, 6.45) is 5.02. The Bertz CT molecular complexity index is 960. The van der Waals surface area contributed by atoms with E-state index in [9.17, 15) is 4.79 Å². The lowest BCUT2D eigenvalue weighted by atomic mass is 10.0. The van der Waals surface area contributed by atoms with Gasteiger partial charge >= 0.3 is 0 Å². The van der Waals surface area contributed by atoms with Gasteiger partial charge in [0, 0.05) is 34.1 Å². The Morgan fingerprint density at radius 1 is 1.22 bits per heavy atom. The molecule has 6 heteroatoms. The zero-order valence-corrected chi connectivity index (χ0v) is 17.4. The first-order valence-electron chi connectivity index (χ1n) is 9.18. The first-order valence-corrected chi connectivity index (χ1v) is 10.4. The molecule has 0 atom stereocenters. The molecule has 0 fully saturated rings. The molecule has 0 aliphatic carbocycles. The van der Waals surface area contributed by atoms with E-state index < -0.39 is 0 Å². The van der Waals surface area contributed by atoms with E-state index in [2.05, 4.69) is 31.2 Å². The summed E-state index contributed by atoms with van der Waals surface area (Å²) in [5, 5.41) is 8.52. The van der Waals surface area contributed by atoms with E-state index in [1.807, 2.05) is 48.3 Å².